The molecular formula is C24H34Br2N4O4. The van der Waals surface area contributed by atoms with Crippen LogP contribution in [-0.4, -0.2) is 68.3 Å². The van der Waals surface area contributed by atoms with Gasteiger partial charge in [-0.25, -0.2) is 4.98 Å². The molecule has 0 amide bonds. The molecule has 0 spiro atoms. The minimum Gasteiger partial charge on any atom is -0.473 e. The highest BCUT2D eigenvalue weighted by atomic mass is 79.9. The molecule has 34 heavy (non-hydrogen) atoms. The average Bonchev–Trinajstić information content (AvgIpc) is 2.82. The predicted octanol–water partition coefficient (Wildman–Crippen LogP) is 4.50. The normalized spacial score (nSPS) is 16.5. The van der Waals surface area contributed by atoms with Gasteiger partial charge in [-0.1, -0.05) is 0 Å². The molecule has 2 aromatic rings. The Balaban J connectivity index is 0.000000191. The zero-order chi connectivity index (χ0) is 24.7. The molecule has 0 unspecified atom stereocenters. The number of anilines is 2. The molecule has 2 aromatic heterocycles. The first kappa shape index (κ1) is 27.0. The molecule has 2 fully saturated rings. The molecule has 0 N–H and O–H groups in total. The predicted molar refractivity (Wildman–Crippen MR) is 143 cm³/mol. The van der Waals surface area contributed by atoms with Gasteiger partial charge in [0.25, 0.3) is 5.56 Å². The van der Waals surface area contributed by atoms with E-state index in [0.717, 1.165) is 59.7 Å². The molecule has 4 heterocycles. The summed E-state index contributed by atoms with van der Waals surface area (Å²) in [7, 11) is 0. The van der Waals surface area contributed by atoms with Crippen LogP contribution in [0.1, 0.15) is 33.7 Å². The van der Waals surface area contributed by atoms with Gasteiger partial charge in [0.1, 0.15) is 11.4 Å². The summed E-state index contributed by atoms with van der Waals surface area (Å²) in [6, 6.07) is 4.11. The molecule has 0 atom stereocenters. The quantitative estimate of drug-likeness (QED) is 0.500. The lowest BCUT2D eigenvalue weighted by Gasteiger charge is -2.30. The Labute approximate surface area is 218 Å². The number of nitrogens with zero attached hydrogens (tertiary/aromatic N) is 4. The van der Waals surface area contributed by atoms with Crippen molar-refractivity contribution in [3.8, 4) is 5.88 Å². The highest BCUT2D eigenvalue weighted by Crippen LogP contribution is 2.30. The molecule has 0 aliphatic carbocycles. The van der Waals surface area contributed by atoms with Crippen molar-refractivity contribution in [2.24, 2.45) is 0 Å². The van der Waals surface area contributed by atoms with Gasteiger partial charge in [-0.2, -0.15) is 0 Å². The van der Waals surface area contributed by atoms with E-state index in [9.17, 15) is 4.79 Å². The molecule has 2 aliphatic rings. The maximum Gasteiger partial charge on any atom is 0.274 e. The fraction of sp³-hybridized carbons (Fsp3) is 0.583. The van der Waals surface area contributed by atoms with Crippen LogP contribution in [-0.2, 0) is 9.47 Å². The first-order valence-corrected chi connectivity index (χ1v) is 13.2. The van der Waals surface area contributed by atoms with Gasteiger partial charge in [0, 0.05) is 53.6 Å². The number of aromatic nitrogens is 2. The Morgan fingerprint density at radius 1 is 0.882 bits per heavy atom. The van der Waals surface area contributed by atoms with Gasteiger partial charge in [-0.05, 0) is 71.7 Å². The number of morpholine rings is 2. The Morgan fingerprint density at radius 3 is 1.94 bits per heavy atom. The summed E-state index contributed by atoms with van der Waals surface area (Å²) >= 11 is 6.92. The van der Waals surface area contributed by atoms with E-state index in [-0.39, 0.29) is 17.7 Å². The van der Waals surface area contributed by atoms with Crippen molar-refractivity contribution in [1.29, 1.82) is 0 Å². The Bertz CT molecular complexity index is 987. The molecule has 0 radical (unpaired) electrons. The summed E-state index contributed by atoms with van der Waals surface area (Å²) in [6.45, 7) is 14.3. The van der Waals surface area contributed by atoms with Gasteiger partial charge in [-0.15, -0.1) is 0 Å². The van der Waals surface area contributed by atoms with Crippen molar-refractivity contribution in [3.05, 3.63) is 43.8 Å². The lowest BCUT2D eigenvalue weighted by molar-refractivity contribution is 0.122. The van der Waals surface area contributed by atoms with Crippen LogP contribution >= 0.6 is 31.9 Å². The van der Waals surface area contributed by atoms with Crippen LogP contribution in [0.25, 0.3) is 0 Å². The van der Waals surface area contributed by atoms with E-state index < -0.39 is 0 Å². The maximum absolute atomic E-state index is 12.3. The lowest BCUT2D eigenvalue weighted by atomic mass is 10.3. The number of halogens is 2. The van der Waals surface area contributed by atoms with E-state index in [1.165, 1.54) is 0 Å². The summed E-state index contributed by atoms with van der Waals surface area (Å²) < 4.78 is 20.1. The number of hydrogen-bond donors (Lipinski definition) is 0. The van der Waals surface area contributed by atoms with Crippen LogP contribution in [0.15, 0.2) is 38.3 Å². The average molecular weight is 602 g/mol. The van der Waals surface area contributed by atoms with Gasteiger partial charge in [0.15, 0.2) is 0 Å². The SMILES string of the molecule is CC(C)Oc1ncc(Br)cc1N1CCOCC1.CC(C)n1cc(Br)cc(N2CCOCC2)c1=O. The van der Waals surface area contributed by atoms with Gasteiger partial charge < -0.3 is 28.6 Å². The van der Waals surface area contributed by atoms with Gasteiger partial charge in [-0.3, -0.25) is 4.79 Å². The Morgan fingerprint density at radius 2 is 1.41 bits per heavy atom. The molecule has 2 aliphatic heterocycles. The molecular weight excluding hydrogens is 568 g/mol. The van der Waals surface area contributed by atoms with Crippen LogP contribution in [0.5, 0.6) is 5.88 Å². The third-order valence-corrected chi connectivity index (χ3v) is 6.26. The van der Waals surface area contributed by atoms with Crippen LogP contribution in [0, 0.1) is 0 Å². The van der Waals surface area contributed by atoms with Crippen molar-refractivity contribution in [2.75, 3.05) is 62.4 Å². The summed E-state index contributed by atoms with van der Waals surface area (Å²) in [5.41, 5.74) is 1.87. The van der Waals surface area contributed by atoms with Gasteiger partial charge in [0.2, 0.25) is 5.88 Å². The van der Waals surface area contributed by atoms with Crippen LogP contribution in [0.2, 0.25) is 0 Å². The summed E-state index contributed by atoms with van der Waals surface area (Å²) in [6.07, 6.45) is 3.74. The standard InChI is InChI=1S/2C12H17BrN2O2/c1-9(2)17-12-11(7-10(13)8-14-12)15-3-5-16-6-4-15;1-9(2)15-8-10(13)7-11(12(15)16)14-3-5-17-6-4-14/h2*7-9H,3-6H2,1-2H3. The Hall–Kier alpha value is -1.62. The first-order valence-electron chi connectivity index (χ1n) is 11.7. The minimum absolute atomic E-state index is 0.0742. The topological polar surface area (TPSA) is 69.1 Å². The molecule has 2 saturated heterocycles. The van der Waals surface area contributed by atoms with Crippen molar-refractivity contribution >= 4 is 43.2 Å². The molecule has 0 bridgehead atoms. The van der Waals surface area contributed by atoms with Crippen LogP contribution in [0.3, 0.4) is 0 Å². The van der Waals surface area contributed by atoms with E-state index in [0.29, 0.717) is 19.1 Å². The fourth-order valence-electron chi connectivity index (χ4n) is 3.73. The smallest absolute Gasteiger partial charge is 0.274 e. The van der Waals surface area contributed by atoms with Crippen LogP contribution < -0.4 is 20.1 Å². The minimum atomic E-state index is 0.0742. The molecule has 10 heteroatoms. The lowest BCUT2D eigenvalue weighted by Crippen LogP contribution is -2.40. The Kier molecular flexibility index (Phi) is 10.2. The van der Waals surface area contributed by atoms with Crippen molar-refractivity contribution in [2.45, 2.75) is 39.8 Å². The third kappa shape index (κ3) is 7.44. The highest BCUT2D eigenvalue weighted by molar-refractivity contribution is 9.10. The second kappa shape index (κ2) is 12.9. The number of pyridine rings is 2. The number of hydrogen-bond acceptors (Lipinski definition) is 7. The molecule has 8 nitrogen and oxygen atoms in total. The van der Waals surface area contributed by atoms with Crippen molar-refractivity contribution < 1.29 is 14.2 Å². The number of rotatable bonds is 5. The first-order chi connectivity index (χ1) is 16.3. The second-order valence-corrected chi connectivity index (χ2v) is 10.5. The van der Waals surface area contributed by atoms with E-state index in [2.05, 4.69) is 52.7 Å². The monoisotopic (exact) mass is 600 g/mol. The zero-order valence-corrected chi connectivity index (χ0v) is 23.5. The van der Waals surface area contributed by atoms with Gasteiger partial charge in [0.05, 0.1) is 32.5 Å². The van der Waals surface area contributed by atoms with Crippen LogP contribution in [0.4, 0.5) is 11.4 Å². The van der Waals surface area contributed by atoms with E-state index in [4.69, 9.17) is 14.2 Å². The largest absolute Gasteiger partial charge is 0.473 e. The highest BCUT2D eigenvalue weighted by Gasteiger charge is 2.18. The summed E-state index contributed by atoms with van der Waals surface area (Å²) in [4.78, 5) is 21.0. The van der Waals surface area contributed by atoms with Crippen molar-refractivity contribution in [1.82, 2.24) is 9.55 Å². The van der Waals surface area contributed by atoms with E-state index in [1.54, 1.807) is 10.8 Å². The fourth-order valence-corrected chi connectivity index (χ4v) is 4.49. The summed E-state index contributed by atoms with van der Waals surface area (Å²) in [5.74, 6) is 0.699. The van der Waals surface area contributed by atoms with E-state index >= 15 is 0 Å². The third-order valence-electron chi connectivity index (χ3n) is 5.40. The van der Waals surface area contributed by atoms with Crippen molar-refractivity contribution in [3.63, 3.8) is 0 Å². The summed E-state index contributed by atoms with van der Waals surface area (Å²) in [5, 5.41) is 0. The molecule has 0 saturated carbocycles. The van der Waals surface area contributed by atoms with Gasteiger partial charge >= 0.3 is 0 Å². The molecule has 0 aromatic carbocycles. The second-order valence-electron chi connectivity index (χ2n) is 8.69. The maximum atomic E-state index is 12.3. The number of ether oxygens (including phenoxy) is 3. The van der Waals surface area contributed by atoms with E-state index in [1.807, 2.05) is 40.0 Å². The molecule has 188 valence electrons. The molecule has 4 rings (SSSR count). The zero-order valence-electron chi connectivity index (χ0n) is 20.3.